The van der Waals surface area contributed by atoms with E-state index in [9.17, 15) is 0 Å². The van der Waals surface area contributed by atoms with Crippen molar-refractivity contribution in [1.29, 1.82) is 0 Å². The maximum absolute atomic E-state index is 8.79. The molecule has 0 radical (unpaired) electrons. The second kappa shape index (κ2) is 6.37. The van der Waals surface area contributed by atoms with Crippen molar-refractivity contribution in [2.24, 2.45) is 0 Å². The normalized spacial score (nSPS) is 11.6. The van der Waals surface area contributed by atoms with Gasteiger partial charge in [0.15, 0.2) is 0 Å². The number of nitrogens with zero attached hydrogens (tertiary/aromatic N) is 3. The average molecular weight is 250 g/mol. The Morgan fingerprint density at radius 2 is 2.20 bits per heavy atom. The predicted octanol–water partition coefficient (Wildman–Crippen LogP) is 1.78. The third-order valence-corrected chi connectivity index (χ3v) is 3.12. The minimum absolute atomic E-state index is 0.222. The minimum Gasteiger partial charge on any atom is -0.396 e. The van der Waals surface area contributed by atoms with Gasteiger partial charge in [-0.1, -0.05) is 11.3 Å². The Morgan fingerprint density at radius 1 is 1.47 bits per heavy atom. The van der Waals surface area contributed by atoms with Crippen molar-refractivity contribution < 1.29 is 5.11 Å². The third kappa shape index (κ3) is 4.42. The van der Waals surface area contributed by atoms with Gasteiger partial charge in [0.1, 0.15) is 5.01 Å². The van der Waals surface area contributed by atoms with Crippen LogP contribution in [-0.2, 0) is 6.54 Å². The quantitative estimate of drug-likeness (QED) is 0.835. The summed E-state index contributed by atoms with van der Waals surface area (Å²) >= 11 is 7.12. The highest BCUT2D eigenvalue weighted by atomic mass is 35.5. The molecule has 1 heterocycles. The molecule has 0 saturated carbocycles. The molecule has 86 valence electrons. The largest absolute Gasteiger partial charge is 0.396 e. The fourth-order valence-electron chi connectivity index (χ4n) is 1.26. The second-order valence-corrected chi connectivity index (χ2v) is 5.23. The van der Waals surface area contributed by atoms with Crippen molar-refractivity contribution in [1.82, 2.24) is 15.1 Å². The molecule has 15 heavy (non-hydrogen) atoms. The number of hydrogen-bond donors (Lipinski definition) is 1. The fraction of sp³-hybridized carbons (Fsp3) is 0.778. The van der Waals surface area contributed by atoms with Gasteiger partial charge in [-0.05, 0) is 31.9 Å². The molecule has 0 fully saturated rings. The van der Waals surface area contributed by atoms with Gasteiger partial charge in [-0.3, -0.25) is 4.90 Å². The van der Waals surface area contributed by atoms with E-state index >= 15 is 0 Å². The van der Waals surface area contributed by atoms with Crippen molar-refractivity contribution in [3.05, 3.63) is 9.47 Å². The summed E-state index contributed by atoms with van der Waals surface area (Å²) in [6.07, 6.45) is 0.782. The maximum Gasteiger partial charge on any atom is 0.207 e. The van der Waals surface area contributed by atoms with Crippen LogP contribution in [0.15, 0.2) is 0 Å². The van der Waals surface area contributed by atoms with Crippen molar-refractivity contribution in [2.45, 2.75) is 32.9 Å². The Kier molecular flexibility index (Phi) is 5.45. The highest BCUT2D eigenvalue weighted by Crippen LogP contribution is 2.17. The lowest BCUT2D eigenvalue weighted by atomic mass is 10.3. The number of aromatic nitrogens is 2. The lowest BCUT2D eigenvalue weighted by molar-refractivity contribution is 0.184. The Labute approximate surface area is 98.9 Å². The smallest absolute Gasteiger partial charge is 0.207 e. The van der Waals surface area contributed by atoms with E-state index in [0.717, 1.165) is 24.5 Å². The summed E-state index contributed by atoms with van der Waals surface area (Å²) in [6, 6.07) is 0.430. The van der Waals surface area contributed by atoms with Crippen LogP contribution >= 0.6 is 22.9 Å². The van der Waals surface area contributed by atoms with Crippen LogP contribution in [0.1, 0.15) is 25.3 Å². The number of halogens is 1. The Bertz CT molecular complexity index is 293. The van der Waals surface area contributed by atoms with Gasteiger partial charge in [0.25, 0.3) is 0 Å². The van der Waals surface area contributed by atoms with Gasteiger partial charge in [-0.15, -0.1) is 10.2 Å². The van der Waals surface area contributed by atoms with Crippen molar-refractivity contribution in [2.75, 3.05) is 13.2 Å². The Hall–Kier alpha value is -0.230. The molecular formula is C9H16ClN3OS. The van der Waals surface area contributed by atoms with Crippen LogP contribution in [0.4, 0.5) is 0 Å². The fourth-order valence-corrected chi connectivity index (χ4v) is 2.16. The summed E-state index contributed by atoms with van der Waals surface area (Å²) in [5.41, 5.74) is 0. The van der Waals surface area contributed by atoms with Gasteiger partial charge >= 0.3 is 0 Å². The van der Waals surface area contributed by atoms with E-state index in [0.29, 0.717) is 10.5 Å². The first-order chi connectivity index (χ1) is 7.13. The van der Waals surface area contributed by atoms with E-state index in [2.05, 4.69) is 28.9 Å². The van der Waals surface area contributed by atoms with Gasteiger partial charge in [0, 0.05) is 19.2 Å². The summed E-state index contributed by atoms with van der Waals surface area (Å²) in [5.74, 6) is 0. The lowest BCUT2D eigenvalue weighted by Crippen LogP contribution is -2.31. The molecule has 0 saturated heterocycles. The number of aliphatic hydroxyl groups excluding tert-OH is 1. The van der Waals surface area contributed by atoms with E-state index in [4.69, 9.17) is 16.7 Å². The summed E-state index contributed by atoms with van der Waals surface area (Å²) in [5, 5.41) is 17.5. The molecular weight excluding hydrogens is 234 g/mol. The monoisotopic (exact) mass is 249 g/mol. The molecule has 0 spiro atoms. The van der Waals surface area contributed by atoms with Crippen LogP contribution in [-0.4, -0.2) is 39.4 Å². The minimum atomic E-state index is 0.222. The van der Waals surface area contributed by atoms with Gasteiger partial charge < -0.3 is 5.11 Å². The molecule has 1 aromatic heterocycles. The summed E-state index contributed by atoms with van der Waals surface area (Å²) < 4.78 is 0.482. The molecule has 1 rings (SSSR count). The lowest BCUT2D eigenvalue weighted by Gasteiger charge is -2.24. The van der Waals surface area contributed by atoms with Gasteiger partial charge in [-0.25, -0.2) is 0 Å². The molecule has 0 amide bonds. The van der Waals surface area contributed by atoms with Crippen LogP contribution in [0.2, 0.25) is 4.47 Å². The molecule has 4 nitrogen and oxygen atoms in total. The van der Waals surface area contributed by atoms with E-state index in [-0.39, 0.29) is 6.61 Å². The van der Waals surface area contributed by atoms with Crippen molar-refractivity contribution >= 4 is 22.9 Å². The van der Waals surface area contributed by atoms with Gasteiger partial charge in [0.2, 0.25) is 4.47 Å². The van der Waals surface area contributed by atoms with Crippen molar-refractivity contribution in [3.8, 4) is 0 Å². The molecule has 0 aliphatic heterocycles. The standard InChI is InChI=1S/C9H16ClN3OS/c1-7(2)13(4-3-5-14)6-8-11-12-9(10)15-8/h7,14H,3-6H2,1-2H3. The zero-order chi connectivity index (χ0) is 11.3. The van der Waals surface area contributed by atoms with E-state index in [1.165, 1.54) is 11.3 Å². The molecule has 0 aliphatic carbocycles. The van der Waals surface area contributed by atoms with Gasteiger partial charge in [0.05, 0.1) is 6.54 Å². The highest BCUT2D eigenvalue weighted by Gasteiger charge is 2.12. The molecule has 0 aliphatic rings. The summed E-state index contributed by atoms with van der Waals surface area (Å²) in [6.45, 7) is 6.09. The van der Waals surface area contributed by atoms with Gasteiger partial charge in [-0.2, -0.15) is 0 Å². The van der Waals surface area contributed by atoms with E-state index in [1.807, 2.05) is 0 Å². The molecule has 1 aromatic rings. The zero-order valence-corrected chi connectivity index (χ0v) is 10.6. The average Bonchev–Trinajstić information content (AvgIpc) is 2.58. The molecule has 0 atom stereocenters. The van der Waals surface area contributed by atoms with E-state index in [1.54, 1.807) is 0 Å². The maximum atomic E-state index is 8.79. The third-order valence-electron chi connectivity index (χ3n) is 2.11. The topological polar surface area (TPSA) is 49.2 Å². The molecule has 1 N–H and O–H groups in total. The van der Waals surface area contributed by atoms with Crippen LogP contribution in [0.5, 0.6) is 0 Å². The molecule has 0 aromatic carbocycles. The summed E-state index contributed by atoms with van der Waals surface area (Å²) in [7, 11) is 0. The van der Waals surface area contributed by atoms with Crippen LogP contribution < -0.4 is 0 Å². The molecule has 0 unspecified atom stereocenters. The zero-order valence-electron chi connectivity index (χ0n) is 8.98. The Morgan fingerprint density at radius 3 is 2.67 bits per heavy atom. The molecule has 0 bridgehead atoms. The summed E-state index contributed by atoms with van der Waals surface area (Å²) in [4.78, 5) is 2.24. The highest BCUT2D eigenvalue weighted by molar-refractivity contribution is 7.15. The first kappa shape index (κ1) is 12.8. The van der Waals surface area contributed by atoms with Crippen LogP contribution in [0, 0.1) is 0 Å². The molecule has 6 heteroatoms. The first-order valence-corrected chi connectivity index (χ1v) is 6.15. The van der Waals surface area contributed by atoms with Crippen molar-refractivity contribution in [3.63, 3.8) is 0 Å². The second-order valence-electron chi connectivity index (χ2n) is 3.59. The number of rotatable bonds is 6. The SMILES string of the molecule is CC(C)N(CCCO)Cc1nnc(Cl)s1. The first-order valence-electron chi connectivity index (χ1n) is 4.96. The van der Waals surface area contributed by atoms with Crippen LogP contribution in [0.3, 0.4) is 0 Å². The van der Waals surface area contributed by atoms with E-state index < -0.39 is 0 Å². The Balaban J connectivity index is 2.50. The number of aliphatic hydroxyl groups is 1. The number of hydrogen-bond acceptors (Lipinski definition) is 5. The van der Waals surface area contributed by atoms with Crippen LogP contribution in [0.25, 0.3) is 0 Å². The predicted molar refractivity (Wildman–Crippen MR) is 62.2 cm³/mol.